The van der Waals surface area contributed by atoms with Gasteiger partial charge in [0.15, 0.2) is 0 Å². The zero-order valence-corrected chi connectivity index (χ0v) is 9.54. The lowest BCUT2D eigenvalue weighted by atomic mass is 10.0. The van der Waals surface area contributed by atoms with Crippen molar-refractivity contribution >= 4 is 11.8 Å². The summed E-state index contributed by atoms with van der Waals surface area (Å²) in [5, 5.41) is 14.7. The lowest BCUT2D eigenvalue weighted by Gasteiger charge is -2.25. The largest absolute Gasteiger partial charge is 0.481 e. The van der Waals surface area contributed by atoms with Crippen molar-refractivity contribution in [1.29, 1.82) is 0 Å². The number of carbonyl (C=O) groups is 1. The van der Waals surface area contributed by atoms with Crippen molar-refractivity contribution in [2.75, 3.05) is 25.2 Å². The van der Waals surface area contributed by atoms with Crippen LogP contribution >= 0.6 is 0 Å². The molecule has 9 heteroatoms. The van der Waals surface area contributed by atoms with Crippen molar-refractivity contribution in [3.63, 3.8) is 0 Å². The normalized spacial score (nSPS) is 22.9. The van der Waals surface area contributed by atoms with E-state index >= 15 is 0 Å². The number of H-pyrrole nitrogens is 2. The third-order valence-electron chi connectivity index (χ3n) is 2.89. The zero-order valence-electron chi connectivity index (χ0n) is 9.54. The number of aromatic amines is 2. The summed E-state index contributed by atoms with van der Waals surface area (Å²) in [4.78, 5) is 36.8. The van der Waals surface area contributed by atoms with Crippen LogP contribution in [-0.4, -0.2) is 52.6 Å². The van der Waals surface area contributed by atoms with Gasteiger partial charge in [-0.1, -0.05) is 0 Å². The number of hydrogen-bond acceptors (Lipinski definition) is 6. The van der Waals surface area contributed by atoms with E-state index in [-0.39, 0.29) is 19.0 Å². The molecule has 2 rings (SSSR count). The first kappa shape index (κ1) is 12.3. The second-order valence-electron chi connectivity index (χ2n) is 3.99. The van der Waals surface area contributed by atoms with Gasteiger partial charge in [0, 0.05) is 7.05 Å². The van der Waals surface area contributed by atoms with E-state index in [0.29, 0.717) is 0 Å². The molecule has 0 spiro atoms. The summed E-state index contributed by atoms with van der Waals surface area (Å²) in [7, 11) is 1.53. The van der Waals surface area contributed by atoms with E-state index < -0.39 is 29.2 Å². The van der Waals surface area contributed by atoms with E-state index in [9.17, 15) is 14.4 Å². The van der Waals surface area contributed by atoms with Crippen molar-refractivity contribution in [3.05, 3.63) is 20.8 Å². The van der Waals surface area contributed by atoms with Crippen LogP contribution in [0.2, 0.25) is 0 Å². The van der Waals surface area contributed by atoms with E-state index in [2.05, 4.69) is 10.2 Å². The predicted octanol–water partition coefficient (Wildman–Crippen LogP) is -2.01. The number of anilines is 1. The van der Waals surface area contributed by atoms with Crippen molar-refractivity contribution in [2.45, 2.75) is 6.04 Å². The van der Waals surface area contributed by atoms with Crippen LogP contribution < -0.4 is 16.1 Å². The Balaban J connectivity index is 2.30. The lowest BCUT2D eigenvalue weighted by molar-refractivity contribution is -0.141. The molecule has 0 amide bonds. The van der Waals surface area contributed by atoms with Crippen molar-refractivity contribution in [2.24, 2.45) is 5.92 Å². The highest BCUT2D eigenvalue weighted by atomic mass is 16.5. The van der Waals surface area contributed by atoms with E-state index in [1.165, 1.54) is 11.9 Å². The number of rotatable bonds is 3. The van der Waals surface area contributed by atoms with Crippen LogP contribution in [0.1, 0.15) is 0 Å². The highest BCUT2D eigenvalue weighted by molar-refractivity contribution is 5.72. The first-order valence-electron chi connectivity index (χ1n) is 5.23. The maximum Gasteiger partial charge on any atom is 0.342 e. The fraction of sp³-hybridized carbons (Fsp3) is 0.556. The topological polar surface area (TPSA) is 128 Å². The Kier molecular flexibility index (Phi) is 3.15. The molecule has 1 aliphatic rings. The van der Waals surface area contributed by atoms with Crippen molar-refractivity contribution in [3.8, 4) is 0 Å². The molecule has 1 aromatic heterocycles. The molecule has 18 heavy (non-hydrogen) atoms. The number of nitrogens with zero attached hydrogens (tertiary/aromatic N) is 2. The molecule has 0 radical (unpaired) electrons. The summed E-state index contributed by atoms with van der Waals surface area (Å²) >= 11 is 0. The molecule has 2 heterocycles. The monoisotopic (exact) mass is 256 g/mol. The van der Waals surface area contributed by atoms with Crippen LogP contribution in [0.4, 0.5) is 5.82 Å². The standard InChI is InChI=1S/C9H12N4O5/c1-13(5-3-18-2-4(5)8(15)16)6-7(14)10-9(17)12-11-6/h4-5H,2-3H2,1H3,(H,15,16)(H2,10,12,14,17). The minimum absolute atomic E-state index is 0.0450. The Morgan fingerprint density at radius 2 is 2.22 bits per heavy atom. The smallest absolute Gasteiger partial charge is 0.342 e. The van der Waals surface area contributed by atoms with Crippen LogP contribution in [0, 0.1) is 5.92 Å². The van der Waals surface area contributed by atoms with Crippen LogP contribution in [0.15, 0.2) is 9.59 Å². The molecule has 1 aromatic rings. The Morgan fingerprint density at radius 3 is 2.83 bits per heavy atom. The summed E-state index contributed by atoms with van der Waals surface area (Å²) in [6.45, 7) is 0.277. The minimum atomic E-state index is -0.995. The molecule has 98 valence electrons. The molecular formula is C9H12N4O5. The average molecular weight is 256 g/mol. The van der Waals surface area contributed by atoms with Gasteiger partial charge in [-0.05, 0) is 0 Å². The van der Waals surface area contributed by atoms with Gasteiger partial charge in [-0.2, -0.15) is 0 Å². The Hall–Kier alpha value is -2.16. The minimum Gasteiger partial charge on any atom is -0.481 e. The second-order valence-corrected chi connectivity index (χ2v) is 3.99. The van der Waals surface area contributed by atoms with Gasteiger partial charge >= 0.3 is 11.7 Å². The second kappa shape index (κ2) is 4.61. The van der Waals surface area contributed by atoms with Gasteiger partial charge in [0.05, 0.1) is 19.3 Å². The molecule has 3 N–H and O–H groups in total. The molecule has 1 aliphatic heterocycles. The number of ether oxygens (including phenoxy) is 1. The predicted molar refractivity (Wildman–Crippen MR) is 59.6 cm³/mol. The first-order chi connectivity index (χ1) is 8.50. The Morgan fingerprint density at radius 1 is 1.50 bits per heavy atom. The van der Waals surface area contributed by atoms with Gasteiger partial charge in [0.25, 0.3) is 5.56 Å². The number of carboxylic acid groups (broad SMARTS) is 1. The molecule has 2 unspecified atom stereocenters. The van der Waals surface area contributed by atoms with Crippen LogP contribution in [0.3, 0.4) is 0 Å². The quantitative estimate of drug-likeness (QED) is 0.570. The van der Waals surface area contributed by atoms with Gasteiger partial charge in [-0.3, -0.25) is 14.6 Å². The highest BCUT2D eigenvalue weighted by Gasteiger charge is 2.38. The fourth-order valence-electron chi connectivity index (χ4n) is 1.90. The molecular weight excluding hydrogens is 244 g/mol. The number of aliphatic carboxylic acids is 1. The van der Waals surface area contributed by atoms with E-state index in [4.69, 9.17) is 9.84 Å². The summed E-state index contributed by atoms with van der Waals surface area (Å²) < 4.78 is 5.10. The van der Waals surface area contributed by atoms with E-state index in [0.717, 1.165) is 0 Å². The number of hydrogen-bond donors (Lipinski definition) is 3. The molecule has 0 aromatic carbocycles. The highest BCUT2D eigenvalue weighted by Crippen LogP contribution is 2.20. The Bertz CT molecular complexity index is 565. The lowest BCUT2D eigenvalue weighted by Crippen LogP contribution is -2.44. The maximum atomic E-state index is 11.5. The fourth-order valence-corrected chi connectivity index (χ4v) is 1.90. The van der Waals surface area contributed by atoms with Gasteiger partial charge in [-0.25, -0.2) is 9.89 Å². The Labute approximate surface area is 100 Å². The third kappa shape index (κ3) is 2.12. The third-order valence-corrected chi connectivity index (χ3v) is 2.89. The maximum absolute atomic E-state index is 11.5. The summed E-state index contributed by atoms with van der Waals surface area (Å²) in [5.74, 6) is -1.77. The number of nitrogens with one attached hydrogen (secondary N) is 2. The van der Waals surface area contributed by atoms with Crippen LogP contribution in [0.5, 0.6) is 0 Å². The number of aromatic nitrogens is 3. The van der Waals surface area contributed by atoms with Gasteiger partial charge in [0.2, 0.25) is 5.82 Å². The average Bonchev–Trinajstić information content (AvgIpc) is 2.77. The summed E-state index contributed by atoms with van der Waals surface area (Å²) in [6, 6.07) is -0.498. The molecule has 0 aliphatic carbocycles. The van der Waals surface area contributed by atoms with Crippen molar-refractivity contribution in [1.82, 2.24) is 15.2 Å². The first-order valence-corrected chi connectivity index (χ1v) is 5.23. The van der Waals surface area contributed by atoms with Crippen LogP contribution in [-0.2, 0) is 9.53 Å². The van der Waals surface area contributed by atoms with Gasteiger partial charge < -0.3 is 14.7 Å². The molecule has 0 saturated carbocycles. The van der Waals surface area contributed by atoms with Crippen LogP contribution in [0.25, 0.3) is 0 Å². The molecule has 9 nitrogen and oxygen atoms in total. The van der Waals surface area contributed by atoms with Crippen molar-refractivity contribution < 1.29 is 14.6 Å². The van der Waals surface area contributed by atoms with E-state index in [1.807, 2.05) is 4.98 Å². The van der Waals surface area contributed by atoms with Gasteiger partial charge in [0.1, 0.15) is 5.92 Å². The number of carboxylic acids is 1. The number of likely N-dealkylation sites (N-methyl/N-ethyl adjacent to an activating group) is 1. The molecule has 1 fully saturated rings. The molecule has 0 bridgehead atoms. The summed E-state index contributed by atoms with van der Waals surface area (Å²) in [5.41, 5.74) is -1.38. The SMILES string of the molecule is CN(c1n[nH]c(=O)[nH]c1=O)C1COCC1C(=O)O. The molecule has 2 atom stereocenters. The van der Waals surface area contributed by atoms with Gasteiger partial charge in [-0.15, -0.1) is 5.10 Å². The molecule has 1 saturated heterocycles. The summed E-state index contributed by atoms with van der Waals surface area (Å²) in [6.07, 6.45) is 0. The zero-order chi connectivity index (χ0) is 13.3. The van der Waals surface area contributed by atoms with E-state index in [1.54, 1.807) is 0 Å².